The fourth-order valence-electron chi connectivity index (χ4n) is 1.36. The molecule has 2 nitrogen and oxygen atoms in total. The second-order valence-corrected chi connectivity index (χ2v) is 7.24. The highest BCUT2D eigenvalue weighted by molar-refractivity contribution is 8.50. The second-order valence-electron chi connectivity index (χ2n) is 4.00. The van der Waals surface area contributed by atoms with Crippen LogP contribution in [-0.2, 0) is 9.53 Å². The maximum atomic E-state index is 13.7. The minimum atomic E-state index is -8.60. The van der Waals surface area contributed by atoms with Crippen molar-refractivity contribution in [2.45, 2.75) is 18.7 Å². The van der Waals surface area contributed by atoms with Gasteiger partial charge in [0.15, 0.2) is 15.6 Å². The van der Waals surface area contributed by atoms with Crippen molar-refractivity contribution in [3.8, 4) is 0 Å². The molecule has 0 aliphatic rings. The molecule has 0 radical (unpaired) electrons. The fourth-order valence-corrected chi connectivity index (χ4v) is 2.83. The molecule has 104 valence electrons. The number of halogens is 4. The molecule has 0 heterocycles. The van der Waals surface area contributed by atoms with Crippen LogP contribution in [0, 0.1) is 6.92 Å². The van der Waals surface area contributed by atoms with Crippen molar-refractivity contribution in [3.05, 3.63) is 29.8 Å². The van der Waals surface area contributed by atoms with Crippen LogP contribution in [-0.4, -0.2) is 18.3 Å². The van der Waals surface area contributed by atoms with Crippen LogP contribution in [0.5, 0.6) is 0 Å². The zero-order chi connectivity index (χ0) is 14.1. The number of carbonyl (C=O) groups excluding carboxylic acids is 1. The maximum absolute atomic E-state index is 13.7. The lowest BCUT2D eigenvalue weighted by molar-refractivity contribution is -0.140. The average Bonchev–Trinajstić information content (AvgIpc) is 2.15. The van der Waals surface area contributed by atoms with Gasteiger partial charge in [0.25, 0.3) is 0 Å². The molecule has 0 amide bonds. The Hall–Kier alpha value is -1.24. The zero-order valence-corrected chi connectivity index (χ0v) is 10.8. The van der Waals surface area contributed by atoms with Gasteiger partial charge in [0.05, 0.1) is 11.5 Å². The van der Waals surface area contributed by atoms with Crippen LogP contribution in [0.1, 0.15) is 12.5 Å². The summed E-state index contributed by atoms with van der Waals surface area (Å²) in [6.07, 6.45) is 0. The van der Waals surface area contributed by atoms with Gasteiger partial charge in [0, 0.05) is 0 Å². The monoisotopic (exact) mass is 286 g/mol. The van der Waals surface area contributed by atoms with E-state index in [9.17, 15) is 20.3 Å². The summed E-state index contributed by atoms with van der Waals surface area (Å²) in [6.45, 7) is 2.72. The highest BCUT2D eigenvalue weighted by Gasteiger charge is 2.66. The number of hydrogen-bond donors (Lipinski definition) is 0. The van der Waals surface area contributed by atoms with Crippen molar-refractivity contribution in [1.29, 1.82) is 0 Å². The Morgan fingerprint density at radius 1 is 1.17 bits per heavy atom. The van der Waals surface area contributed by atoms with E-state index in [2.05, 4.69) is 4.74 Å². The van der Waals surface area contributed by atoms with Gasteiger partial charge < -0.3 is 4.74 Å². The van der Waals surface area contributed by atoms with Crippen LogP contribution >= 0.6 is 9.84 Å². The highest BCUT2D eigenvalue weighted by Crippen LogP contribution is 3.00. The molecular weight excluding hydrogens is 272 g/mol. The second kappa shape index (κ2) is 3.88. The van der Waals surface area contributed by atoms with Crippen molar-refractivity contribution in [1.82, 2.24) is 0 Å². The van der Waals surface area contributed by atoms with Gasteiger partial charge in [-0.3, -0.25) is 4.79 Å². The molecule has 0 unspecified atom stereocenters. The summed E-state index contributed by atoms with van der Waals surface area (Å²) in [7, 11) is -8.60. The van der Waals surface area contributed by atoms with Crippen LogP contribution in [0.4, 0.5) is 15.5 Å². The first-order valence-corrected chi connectivity index (χ1v) is 7.41. The summed E-state index contributed by atoms with van der Waals surface area (Å²) in [5.74, 6) is -3.80. The number of carbonyl (C=O) groups is 1. The molecule has 0 aromatic heterocycles. The van der Waals surface area contributed by atoms with E-state index in [4.69, 9.17) is 0 Å². The van der Waals surface area contributed by atoms with E-state index in [1.54, 1.807) is 6.92 Å². The normalized spacial score (nSPS) is 15.7. The van der Waals surface area contributed by atoms with E-state index < -0.39 is 26.5 Å². The Morgan fingerprint density at radius 2 is 1.67 bits per heavy atom. The Balaban J connectivity index is 3.19. The predicted molar refractivity (Wildman–Crippen MR) is 63.0 cm³/mol. The third kappa shape index (κ3) is 3.38. The number of ether oxygens (including phenoxy) is 1. The highest BCUT2D eigenvalue weighted by atomic mass is 32.5. The summed E-state index contributed by atoms with van der Waals surface area (Å²) >= 11 is 0. The standard InChI is InChI=1S/C11H14F4O2S/c1-3-17-11(16)8-18(12,13,14,15)10-6-4-9(2)5-7-10/h4-7H,3,8H2,1-2H3. The average molecular weight is 286 g/mol. The van der Waals surface area contributed by atoms with Gasteiger partial charge in [0.2, 0.25) is 0 Å². The van der Waals surface area contributed by atoms with E-state index in [0.29, 0.717) is 17.7 Å². The summed E-state index contributed by atoms with van der Waals surface area (Å²) in [5.41, 5.74) is 0.572. The minimum Gasteiger partial charge on any atom is -0.465 e. The number of benzene rings is 1. The van der Waals surface area contributed by atoms with Gasteiger partial charge >= 0.3 is 5.97 Å². The van der Waals surface area contributed by atoms with E-state index >= 15 is 0 Å². The van der Waals surface area contributed by atoms with Crippen LogP contribution in [0.2, 0.25) is 0 Å². The lowest BCUT2D eigenvalue weighted by Gasteiger charge is -2.48. The van der Waals surface area contributed by atoms with Crippen molar-refractivity contribution in [2.24, 2.45) is 0 Å². The molecule has 0 saturated carbocycles. The molecule has 0 aliphatic carbocycles. The predicted octanol–water partition coefficient (Wildman–Crippen LogP) is 4.33. The molecule has 0 aliphatic heterocycles. The van der Waals surface area contributed by atoms with Gasteiger partial charge in [-0.2, -0.15) is 0 Å². The number of hydrogen-bond acceptors (Lipinski definition) is 2. The van der Waals surface area contributed by atoms with Crippen molar-refractivity contribution in [3.63, 3.8) is 0 Å². The van der Waals surface area contributed by atoms with E-state index in [0.717, 1.165) is 12.1 Å². The molecule has 0 spiro atoms. The SMILES string of the molecule is CCOC(=O)CS(F)(F)(F)(F)c1ccc(C)cc1. The molecule has 1 aromatic carbocycles. The molecule has 1 rings (SSSR count). The zero-order valence-electron chi connectivity index (χ0n) is 9.96. The Labute approximate surface area is 102 Å². The lowest BCUT2D eigenvalue weighted by Crippen LogP contribution is -2.26. The third-order valence-electron chi connectivity index (χ3n) is 2.26. The van der Waals surface area contributed by atoms with Gasteiger partial charge in [-0.05, 0) is 26.0 Å². The largest absolute Gasteiger partial charge is 0.465 e. The number of aryl methyl sites for hydroxylation is 1. The first-order chi connectivity index (χ1) is 7.97. The topological polar surface area (TPSA) is 26.3 Å². The number of rotatable bonds is 4. The lowest BCUT2D eigenvalue weighted by atomic mass is 10.2. The minimum absolute atomic E-state index is 0.222. The summed E-state index contributed by atoms with van der Waals surface area (Å²) in [4.78, 5) is 9.55. The third-order valence-corrected chi connectivity index (χ3v) is 4.39. The van der Waals surface area contributed by atoms with Crippen LogP contribution in [0.15, 0.2) is 29.2 Å². The Morgan fingerprint density at radius 3 is 2.11 bits per heavy atom. The van der Waals surface area contributed by atoms with E-state index in [-0.39, 0.29) is 6.61 Å². The van der Waals surface area contributed by atoms with Crippen LogP contribution < -0.4 is 0 Å². The van der Waals surface area contributed by atoms with Gasteiger partial charge in [-0.25, -0.2) is 0 Å². The van der Waals surface area contributed by atoms with Crippen LogP contribution in [0.25, 0.3) is 0 Å². The maximum Gasteiger partial charge on any atom is 0.322 e. The van der Waals surface area contributed by atoms with Crippen molar-refractivity contribution >= 4 is 15.8 Å². The van der Waals surface area contributed by atoms with E-state index in [1.807, 2.05) is 0 Å². The van der Waals surface area contributed by atoms with Crippen molar-refractivity contribution < 1.29 is 25.1 Å². The van der Waals surface area contributed by atoms with Crippen molar-refractivity contribution in [2.75, 3.05) is 12.4 Å². The van der Waals surface area contributed by atoms with Gasteiger partial charge in [-0.15, -0.1) is 15.5 Å². The molecule has 0 bridgehead atoms. The molecule has 7 heteroatoms. The smallest absolute Gasteiger partial charge is 0.322 e. The Kier molecular flexibility index (Phi) is 3.19. The van der Waals surface area contributed by atoms with Crippen LogP contribution in [0.3, 0.4) is 0 Å². The van der Waals surface area contributed by atoms with Gasteiger partial charge in [0.1, 0.15) is 0 Å². The molecule has 0 saturated heterocycles. The molecule has 0 fully saturated rings. The Bertz CT molecular complexity index is 463. The summed E-state index contributed by atoms with van der Waals surface area (Å²) < 4.78 is 59.1. The number of esters is 1. The molecule has 1 aromatic rings. The quantitative estimate of drug-likeness (QED) is 0.608. The van der Waals surface area contributed by atoms with E-state index in [1.165, 1.54) is 6.92 Å². The summed E-state index contributed by atoms with van der Waals surface area (Å²) in [5, 5.41) is 0. The summed E-state index contributed by atoms with van der Waals surface area (Å²) in [6, 6.07) is 3.60. The fraction of sp³-hybridized carbons (Fsp3) is 0.364. The molecule has 18 heavy (non-hydrogen) atoms. The first-order valence-electron chi connectivity index (χ1n) is 5.19. The molecular formula is C11H14F4O2S. The molecule has 0 N–H and O–H groups in total. The first kappa shape index (κ1) is 14.8. The molecule has 0 atom stereocenters. The van der Waals surface area contributed by atoms with Gasteiger partial charge in [-0.1, -0.05) is 17.7 Å².